The van der Waals surface area contributed by atoms with Gasteiger partial charge in [-0.25, -0.2) is 4.98 Å². The first kappa shape index (κ1) is 22.6. The lowest BCUT2D eigenvalue weighted by Gasteiger charge is -2.12. The van der Waals surface area contributed by atoms with Gasteiger partial charge in [0.1, 0.15) is 0 Å². The molecule has 1 aliphatic rings. The molecule has 1 fully saturated rings. The van der Waals surface area contributed by atoms with Gasteiger partial charge < -0.3 is 5.32 Å². The molecule has 0 atom stereocenters. The lowest BCUT2D eigenvalue weighted by Crippen LogP contribution is -2.37. The summed E-state index contributed by atoms with van der Waals surface area (Å²) in [6.45, 7) is 0.420. The third kappa shape index (κ3) is 5.79. The summed E-state index contributed by atoms with van der Waals surface area (Å²) < 4.78 is 2.17. The van der Waals surface area contributed by atoms with Crippen molar-refractivity contribution >= 4 is 68.2 Å². The number of benzene rings is 2. The molecule has 1 saturated heterocycles. The fourth-order valence-electron chi connectivity index (χ4n) is 3.09. The smallest absolute Gasteiger partial charge is 0.293 e. The first-order valence-electron chi connectivity index (χ1n) is 10.2. The van der Waals surface area contributed by atoms with E-state index in [0.717, 1.165) is 39.4 Å². The van der Waals surface area contributed by atoms with Crippen LogP contribution in [-0.4, -0.2) is 45.8 Å². The zero-order valence-corrected chi connectivity index (χ0v) is 19.6. The number of hydrogen-bond acceptors (Lipinski definition) is 7. The number of thiazole rings is 1. The Kier molecular flexibility index (Phi) is 7.62. The van der Waals surface area contributed by atoms with E-state index < -0.39 is 0 Å². The molecular formula is C23H21N3O3S3. The minimum atomic E-state index is -0.315. The molecule has 0 saturated carbocycles. The van der Waals surface area contributed by atoms with Crippen molar-refractivity contribution in [1.29, 1.82) is 0 Å². The van der Waals surface area contributed by atoms with Gasteiger partial charge >= 0.3 is 0 Å². The van der Waals surface area contributed by atoms with Crippen LogP contribution in [0.3, 0.4) is 0 Å². The summed E-state index contributed by atoms with van der Waals surface area (Å²) in [6, 6.07) is 17.4. The number of aromatic nitrogens is 1. The molecule has 0 bridgehead atoms. The van der Waals surface area contributed by atoms with Gasteiger partial charge in [0, 0.05) is 25.3 Å². The van der Waals surface area contributed by atoms with Crippen LogP contribution in [0, 0.1) is 0 Å². The third-order valence-corrected chi connectivity index (χ3v) is 7.85. The van der Waals surface area contributed by atoms with Crippen LogP contribution in [0.1, 0.15) is 18.4 Å². The SMILES string of the molecule is O=C(CCCSc1nc2ccccc2s1)NCCN1C(=O)S/C(=C/c2ccccc2)C1=O. The molecule has 1 aliphatic heterocycles. The Morgan fingerprint density at radius 2 is 1.88 bits per heavy atom. The lowest BCUT2D eigenvalue weighted by molar-refractivity contribution is -0.124. The number of nitrogens with one attached hydrogen (secondary N) is 1. The predicted octanol–water partition coefficient (Wildman–Crippen LogP) is 5.02. The van der Waals surface area contributed by atoms with Crippen LogP contribution in [0.4, 0.5) is 4.79 Å². The first-order chi connectivity index (χ1) is 15.6. The Hall–Kier alpha value is -2.62. The van der Waals surface area contributed by atoms with E-state index in [9.17, 15) is 14.4 Å². The van der Waals surface area contributed by atoms with E-state index in [1.165, 1.54) is 9.60 Å². The van der Waals surface area contributed by atoms with E-state index in [1.807, 2.05) is 48.5 Å². The number of para-hydroxylation sites is 1. The van der Waals surface area contributed by atoms with Gasteiger partial charge in [0.05, 0.1) is 15.1 Å². The summed E-state index contributed by atoms with van der Waals surface area (Å²) in [6.07, 6.45) is 2.84. The van der Waals surface area contributed by atoms with Gasteiger partial charge in [-0.2, -0.15) is 0 Å². The van der Waals surface area contributed by atoms with Crippen molar-refractivity contribution in [2.75, 3.05) is 18.8 Å². The molecule has 6 nitrogen and oxygen atoms in total. The molecule has 0 spiro atoms. The number of hydrogen-bond donors (Lipinski definition) is 1. The highest BCUT2D eigenvalue weighted by molar-refractivity contribution is 8.18. The second-order valence-corrected chi connectivity index (χ2v) is 10.4. The maximum atomic E-state index is 12.5. The van der Waals surface area contributed by atoms with Gasteiger partial charge in [-0.05, 0) is 42.0 Å². The summed E-state index contributed by atoms with van der Waals surface area (Å²) in [5.74, 6) is 0.410. The number of carbonyl (C=O) groups is 3. The molecule has 164 valence electrons. The normalized spacial score (nSPS) is 15.1. The maximum absolute atomic E-state index is 12.5. The van der Waals surface area contributed by atoms with Gasteiger partial charge in [-0.3, -0.25) is 19.3 Å². The lowest BCUT2D eigenvalue weighted by atomic mass is 10.2. The van der Waals surface area contributed by atoms with E-state index in [4.69, 9.17) is 0 Å². The molecule has 1 aromatic heterocycles. The van der Waals surface area contributed by atoms with Crippen molar-refractivity contribution in [1.82, 2.24) is 15.2 Å². The monoisotopic (exact) mass is 483 g/mol. The maximum Gasteiger partial charge on any atom is 0.293 e. The number of nitrogens with zero attached hydrogens (tertiary/aromatic N) is 2. The Morgan fingerprint density at radius 3 is 2.69 bits per heavy atom. The Balaban J connectivity index is 1.16. The molecule has 4 rings (SSSR count). The average molecular weight is 484 g/mol. The predicted molar refractivity (Wildman–Crippen MR) is 132 cm³/mol. The molecule has 3 amide bonds. The van der Waals surface area contributed by atoms with Crippen molar-refractivity contribution in [2.45, 2.75) is 17.2 Å². The second kappa shape index (κ2) is 10.8. The topological polar surface area (TPSA) is 79.4 Å². The van der Waals surface area contributed by atoms with Crippen LogP contribution >= 0.6 is 34.9 Å². The molecule has 9 heteroatoms. The summed E-state index contributed by atoms with van der Waals surface area (Å²) in [4.78, 5) is 42.9. The van der Waals surface area contributed by atoms with Gasteiger partial charge in [-0.1, -0.05) is 54.2 Å². The highest BCUT2D eigenvalue weighted by Gasteiger charge is 2.34. The molecule has 2 heterocycles. The molecule has 2 aromatic carbocycles. The van der Waals surface area contributed by atoms with E-state index in [-0.39, 0.29) is 30.1 Å². The van der Waals surface area contributed by atoms with Crippen molar-refractivity contribution in [3.63, 3.8) is 0 Å². The summed E-state index contributed by atoms with van der Waals surface area (Å²) in [5.41, 5.74) is 1.87. The van der Waals surface area contributed by atoms with Crippen LogP contribution in [0.25, 0.3) is 16.3 Å². The number of amides is 3. The van der Waals surface area contributed by atoms with Gasteiger partial charge in [0.2, 0.25) is 5.91 Å². The second-order valence-electron chi connectivity index (χ2n) is 6.99. The van der Waals surface area contributed by atoms with E-state index in [0.29, 0.717) is 11.3 Å². The molecular weight excluding hydrogens is 462 g/mol. The molecule has 0 unspecified atom stereocenters. The van der Waals surface area contributed by atoms with Crippen LogP contribution in [0.2, 0.25) is 0 Å². The van der Waals surface area contributed by atoms with Gasteiger partial charge in [-0.15, -0.1) is 11.3 Å². The van der Waals surface area contributed by atoms with Crippen LogP contribution < -0.4 is 5.32 Å². The van der Waals surface area contributed by atoms with Crippen molar-refractivity contribution in [3.05, 3.63) is 65.1 Å². The van der Waals surface area contributed by atoms with Gasteiger partial charge in [0.25, 0.3) is 11.1 Å². The van der Waals surface area contributed by atoms with Crippen LogP contribution in [0.5, 0.6) is 0 Å². The summed E-state index contributed by atoms with van der Waals surface area (Å²) in [7, 11) is 0. The number of fused-ring (bicyclic) bond motifs is 1. The number of thioether (sulfide) groups is 2. The first-order valence-corrected chi connectivity index (χ1v) is 12.8. The number of imide groups is 1. The number of rotatable bonds is 9. The quantitative estimate of drug-likeness (QED) is 0.262. The fraction of sp³-hybridized carbons (Fsp3) is 0.217. The van der Waals surface area contributed by atoms with Gasteiger partial charge in [0.15, 0.2) is 4.34 Å². The van der Waals surface area contributed by atoms with Crippen LogP contribution in [0.15, 0.2) is 63.8 Å². The molecule has 3 aromatic rings. The Morgan fingerprint density at radius 1 is 1.09 bits per heavy atom. The van der Waals surface area contributed by atoms with E-state index >= 15 is 0 Å². The largest absolute Gasteiger partial charge is 0.354 e. The van der Waals surface area contributed by atoms with Crippen molar-refractivity contribution in [3.8, 4) is 0 Å². The van der Waals surface area contributed by atoms with E-state index in [1.54, 1.807) is 29.2 Å². The number of carbonyl (C=O) groups excluding carboxylic acids is 3. The van der Waals surface area contributed by atoms with Crippen LogP contribution in [-0.2, 0) is 9.59 Å². The summed E-state index contributed by atoms with van der Waals surface area (Å²) in [5, 5.41) is 2.49. The highest BCUT2D eigenvalue weighted by Crippen LogP contribution is 2.32. The molecule has 0 aliphatic carbocycles. The zero-order valence-electron chi connectivity index (χ0n) is 17.2. The Bertz CT molecular complexity index is 1130. The molecule has 1 N–H and O–H groups in total. The zero-order chi connectivity index (χ0) is 22.3. The van der Waals surface area contributed by atoms with Crippen molar-refractivity contribution in [2.24, 2.45) is 0 Å². The minimum absolute atomic E-state index is 0.0818. The van der Waals surface area contributed by atoms with E-state index in [2.05, 4.69) is 16.4 Å². The minimum Gasteiger partial charge on any atom is -0.354 e. The standard InChI is InChI=1S/C23H21N3O3S3/c27-20(11-6-14-30-22-25-17-9-4-5-10-18(17)31-22)24-12-13-26-21(28)19(32-23(26)29)15-16-7-2-1-3-8-16/h1-5,7-10,15H,6,11-14H2,(H,24,27)/b19-15+. The molecule has 32 heavy (non-hydrogen) atoms. The van der Waals surface area contributed by atoms with Crippen molar-refractivity contribution < 1.29 is 14.4 Å². The fourth-order valence-corrected chi connectivity index (χ4v) is 6.04. The highest BCUT2D eigenvalue weighted by atomic mass is 32.2. The summed E-state index contributed by atoms with van der Waals surface area (Å²) >= 11 is 4.24. The molecule has 0 radical (unpaired) electrons. The Labute approximate surface area is 198 Å². The average Bonchev–Trinajstić information content (AvgIpc) is 3.33. The third-order valence-electron chi connectivity index (χ3n) is 4.68.